The minimum Gasteiger partial charge on any atom is -0.384 e. The number of nitro benzene ring substituents is 1. The average Bonchev–Trinajstić information content (AvgIpc) is 2.46. The molecule has 0 saturated carbocycles. The van der Waals surface area contributed by atoms with Crippen LogP contribution in [-0.4, -0.2) is 16.6 Å². The third-order valence-corrected chi connectivity index (χ3v) is 3.67. The molecule has 2 N–H and O–H groups in total. The number of hydrogen-bond acceptors (Lipinski definition) is 4. The van der Waals surface area contributed by atoms with Crippen molar-refractivity contribution in [1.29, 1.82) is 0 Å². The van der Waals surface area contributed by atoms with E-state index in [-0.39, 0.29) is 12.2 Å². The number of nitrogens with one attached hydrogen (secondary N) is 1. The molecule has 0 aliphatic carbocycles. The summed E-state index contributed by atoms with van der Waals surface area (Å²) in [5.74, 6) is 0. The van der Waals surface area contributed by atoms with Crippen LogP contribution in [0.25, 0.3) is 0 Å². The van der Waals surface area contributed by atoms with Gasteiger partial charge in [0.05, 0.1) is 4.92 Å². The molecule has 1 unspecified atom stereocenters. The zero-order valence-electron chi connectivity index (χ0n) is 11.4. The maximum absolute atomic E-state index is 11.0. The van der Waals surface area contributed by atoms with Crippen LogP contribution in [-0.2, 0) is 5.60 Å². The van der Waals surface area contributed by atoms with E-state index >= 15 is 0 Å². The van der Waals surface area contributed by atoms with E-state index in [9.17, 15) is 15.2 Å². The highest BCUT2D eigenvalue weighted by Crippen LogP contribution is 2.29. The van der Waals surface area contributed by atoms with Crippen molar-refractivity contribution in [1.82, 2.24) is 0 Å². The molecule has 5 nitrogen and oxygen atoms in total. The molecule has 0 amide bonds. The first-order chi connectivity index (χ1) is 9.90. The molecule has 0 radical (unpaired) electrons. The molecular weight excluding hydrogens is 336 g/mol. The van der Waals surface area contributed by atoms with Gasteiger partial charge in [0.25, 0.3) is 5.69 Å². The molecule has 6 heteroatoms. The van der Waals surface area contributed by atoms with Gasteiger partial charge in [-0.15, -0.1) is 0 Å². The van der Waals surface area contributed by atoms with Crippen molar-refractivity contribution in [2.75, 3.05) is 11.9 Å². The van der Waals surface area contributed by atoms with Crippen LogP contribution in [0.1, 0.15) is 12.5 Å². The monoisotopic (exact) mass is 350 g/mol. The maximum Gasteiger partial charge on any atom is 0.292 e. The van der Waals surface area contributed by atoms with E-state index in [2.05, 4.69) is 21.2 Å². The summed E-state index contributed by atoms with van der Waals surface area (Å²) in [6.45, 7) is 1.83. The lowest BCUT2D eigenvalue weighted by atomic mass is 9.96. The molecular formula is C15H15BrN2O3. The first-order valence-electron chi connectivity index (χ1n) is 6.36. The van der Waals surface area contributed by atoms with E-state index in [4.69, 9.17) is 0 Å². The zero-order valence-corrected chi connectivity index (χ0v) is 13.0. The first kappa shape index (κ1) is 15.5. The molecule has 0 saturated heterocycles. The summed E-state index contributed by atoms with van der Waals surface area (Å²) >= 11 is 3.29. The number of aliphatic hydroxyl groups is 1. The molecule has 21 heavy (non-hydrogen) atoms. The largest absolute Gasteiger partial charge is 0.384 e. The Morgan fingerprint density at radius 2 is 1.95 bits per heavy atom. The normalized spacial score (nSPS) is 13.5. The van der Waals surface area contributed by atoms with Crippen LogP contribution in [0.3, 0.4) is 0 Å². The Morgan fingerprint density at radius 1 is 1.29 bits per heavy atom. The van der Waals surface area contributed by atoms with Gasteiger partial charge in [-0.3, -0.25) is 10.1 Å². The standard InChI is InChI=1S/C15H15BrN2O3/c1-15(19,11-5-3-2-4-6-11)10-17-13-9-12(16)7-8-14(13)18(20)21/h2-9,17,19H,10H2,1H3. The molecule has 0 aromatic heterocycles. The molecule has 0 fully saturated rings. The van der Waals surface area contributed by atoms with Crippen molar-refractivity contribution in [2.45, 2.75) is 12.5 Å². The van der Waals surface area contributed by atoms with E-state index in [1.165, 1.54) is 6.07 Å². The van der Waals surface area contributed by atoms with Crippen molar-refractivity contribution in [2.24, 2.45) is 0 Å². The van der Waals surface area contributed by atoms with Gasteiger partial charge >= 0.3 is 0 Å². The number of nitro groups is 1. The lowest BCUT2D eigenvalue weighted by Crippen LogP contribution is -2.30. The van der Waals surface area contributed by atoms with Gasteiger partial charge in [-0.05, 0) is 24.6 Å². The Morgan fingerprint density at radius 3 is 2.57 bits per heavy atom. The Balaban J connectivity index is 2.20. The van der Waals surface area contributed by atoms with E-state index in [1.807, 2.05) is 30.3 Å². The predicted octanol–water partition coefficient (Wildman–Crippen LogP) is 3.68. The molecule has 0 aliphatic heterocycles. The quantitative estimate of drug-likeness (QED) is 0.637. The van der Waals surface area contributed by atoms with Gasteiger partial charge in [0.1, 0.15) is 11.3 Å². The number of anilines is 1. The molecule has 110 valence electrons. The van der Waals surface area contributed by atoms with Gasteiger partial charge < -0.3 is 10.4 Å². The first-order valence-corrected chi connectivity index (χ1v) is 7.15. The summed E-state index contributed by atoms with van der Waals surface area (Å²) in [5.41, 5.74) is -0.0416. The topological polar surface area (TPSA) is 75.4 Å². The fourth-order valence-electron chi connectivity index (χ4n) is 1.98. The van der Waals surface area contributed by atoms with Crippen LogP contribution in [0, 0.1) is 10.1 Å². The lowest BCUT2D eigenvalue weighted by Gasteiger charge is -2.24. The highest BCUT2D eigenvalue weighted by molar-refractivity contribution is 9.10. The highest BCUT2D eigenvalue weighted by atomic mass is 79.9. The SMILES string of the molecule is CC(O)(CNc1cc(Br)ccc1[N+](=O)[O-])c1ccccc1. The Labute approximate surface area is 130 Å². The fraction of sp³-hybridized carbons (Fsp3) is 0.200. The summed E-state index contributed by atoms with van der Waals surface area (Å²) in [6, 6.07) is 13.8. The second-order valence-electron chi connectivity index (χ2n) is 4.91. The molecule has 0 bridgehead atoms. The van der Waals surface area contributed by atoms with Crippen LogP contribution in [0.15, 0.2) is 53.0 Å². The van der Waals surface area contributed by atoms with E-state index in [0.717, 1.165) is 10.0 Å². The Hall–Kier alpha value is -1.92. The molecule has 2 aromatic rings. The van der Waals surface area contributed by atoms with Crippen LogP contribution < -0.4 is 5.32 Å². The van der Waals surface area contributed by atoms with Crippen molar-refractivity contribution >= 4 is 27.3 Å². The van der Waals surface area contributed by atoms with Crippen LogP contribution in [0.4, 0.5) is 11.4 Å². The molecule has 2 aromatic carbocycles. The second-order valence-corrected chi connectivity index (χ2v) is 5.83. The van der Waals surface area contributed by atoms with Gasteiger partial charge in [-0.25, -0.2) is 0 Å². The lowest BCUT2D eigenvalue weighted by molar-refractivity contribution is -0.384. The molecule has 1 atom stereocenters. The second kappa shape index (κ2) is 6.24. The summed E-state index contributed by atoms with van der Waals surface area (Å²) in [7, 11) is 0. The Bertz CT molecular complexity index is 645. The van der Waals surface area contributed by atoms with E-state index in [0.29, 0.717) is 5.69 Å². The zero-order chi connectivity index (χ0) is 15.5. The van der Waals surface area contributed by atoms with Gasteiger partial charge in [0.2, 0.25) is 0 Å². The predicted molar refractivity (Wildman–Crippen MR) is 85.3 cm³/mol. The van der Waals surface area contributed by atoms with Crippen molar-refractivity contribution in [3.8, 4) is 0 Å². The molecule has 0 aliphatic rings. The number of halogens is 1. The smallest absolute Gasteiger partial charge is 0.292 e. The average molecular weight is 351 g/mol. The van der Waals surface area contributed by atoms with E-state index in [1.54, 1.807) is 19.1 Å². The summed E-state index contributed by atoms with van der Waals surface area (Å²) in [6.07, 6.45) is 0. The number of hydrogen-bond donors (Lipinski definition) is 2. The molecule has 0 spiro atoms. The van der Waals surface area contributed by atoms with Crippen molar-refractivity contribution in [3.63, 3.8) is 0 Å². The van der Waals surface area contributed by atoms with Gasteiger partial charge in [-0.1, -0.05) is 46.3 Å². The molecule has 0 heterocycles. The van der Waals surface area contributed by atoms with Crippen LogP contribution in [0.2, 0.25) is 0 Å². The van der Waals surface area contributed by atoms with E-state index < -0.39 is 10.5 Å². The summed E-state index contributed by atoms with van der Waals surface area (Å²) in [4.78, 5) is 10.6. The number of nitrogens with zero attached hydrogens (tertiary/aromatic N) is 1. The number of rotatable bonds is 5. The fourth-order valence-corrected chi connectivity index (χ4v) is 2.34. The summed E-state index contributed by atoms with van der Waals surface area (Å²) in [5, 5.41) is 24.5. The van der Waals surface area contributed by atoms with Crippen LogP contribution in [0.5, 0.6) is 0 Å². The van der Waals surface area contributed by atoms with Gasteiger partial charge in [0, 0.05) is 17.1 Å². The maximum atomic E-state index is 11.0. The number of benzene rings is 2. The van der Waals surface area contributed by atoms with Gasteiger partial charge in [0.15, 0.2) is 0 Å². The minimum atomic E-state index is -1.13. The third-order valence-electron chi connectivity index (χ3n) is 3.17. The van der Waals surface area contributed by atoms with Gasteiger partial charge in [-0.2, -0.15) is 0 Å². The van der Waals surface area contributed by atoms with Crippen molar-refractivity contribution < 1.29 is 10.0 Å². The third kappa shape index (κ3) is 3.80. The highest BCUT2D eigenvalue weighted by Gasteiger charge is 2.24. The summed E-state index contributed by atoms with van der Waals surface area (Å²) < 4.78 is 0.731. The van der Waals surface area contributed by atoms with Crippen LogP contribution >= 0.6 is 15.9 Å². The van der Waals surface area contributed by atoms with Crippen molar-refractivity contribution in [3.05, 3.63) is 68.7 Å². The Kier molecular flexibility index (Phi) is 4.59. The minimum absolute atomic E-state index is 0.0259. The molecule has 2 rings (SSSR count).